The number of amides is 1. The summed E-state index contributed by atoms with van der Waals surface area (Å²) >= 11 is 0. The molecule has 46 heavy (non-hydrogen) atoms. The molecule has 5 aromatic carbocycles. The van der Waals surface area contributed by atoms with Crippen LogP contribution < -0.4 is 5.32 Å². The van der Waals surface area contributed by atoms with E-state index in [-0.39, 0.29) is 11.8 Å². The molecule has 6 rings (SSSR count). The lowest BCUT2D eigenvalue weighted by Gasteiger charge is -2.37. The fourth-order valence-corrected chi connectivity index (χ4v) is 6.61. The van der Waals surface area contributed by atoms with Crippen molar-refractivity contribution in [1.29, 1.82) is 0 Å². The van der Waals surface area contributed by atoms with Crippen molar-refractivity contribution in [2.45, 2.75) is 38.8 Å². The molecule has 1 atom stereocenters. The van der Waals surface area contributed by atoms with Crippen LogP contribution in [-0.4, -0.2) is 20.6 Å². The molecule has 6 aromatic rings. The highest BCUT2D eigenvalue weighted by Gasteiger charge is 2.42. The van der Waals surface area contributed by atoms with Gasteiger partial charge in [0.2, 0.25) is 5.91 Å². The van der Waals surface area contributed by atoms with Crippen molar-refractivity contribution < 1.29 is 9.90 Å². The molecule has 0 spiro atoms. The Morgan fingerprint density at radius 2 is 1.24 bits per heavy atom. The summed E-state index contributed by atoms with van der Waals surface area (Å²) < 4.78 is 2.14. The smallest absolute Gasteiger partial charge is 0.221 e. The number of carbonyl (C=O) groups is 1. The molecule has 1 unspecified atom stereocenters. The monoisotopic (exact) mass is 605 g/mol. The van der Waals surface area contributed by atoms with Gasteiger partial charge in [0.15, 0.2) is 0 Å². The number of nitrogens with one attached hydrogen (secondary N) is 1. The maximum absolute atomic E-state index is 12.5. The Hall–Kier alpha value is -5.26. The second-order valence-corrected chi connectivity index (χ2v) is 12.2. The summed E-state index contributed by atoms with van der Waals surface area (Å²) in [6, 6.07) is 45.4. The SMILES string of the molecule is CC(=O)Nc1cc(C)cc(-c2ccc(C(O)(c3cn(C(c4ccccc4)(c4ccccc4)c4ccccc4)cn3)C(C)C)cc2)c1. The molecule has 0 fully saturated rings. The molecule has 0 aliphatic heterocycles. The summed E-state index contributed by atoms with van der Waals surface area (Å²) in [5, 5.41) is 15.4. The van der Waals surface area contributed by atoms with E-state index in [1.807, 2.05) is 87.9 Å². The van der Waals surface area contributed by atoms with Crippen molar-refractivity contribution in [3.05, 3.63) is 179 Å². The predicted octanol–water partition coefficient (Wildman–Crippen LogP) is 8.55. The van der Waals surface area contributed by atoms with E-state index in [1.165, 1.54) is 6.92 Å². The van der Waals surface area contributed by atoms with Gasteiger partial charge in [-0.1, -0.05) is 135 Å². The van der Waals surface area contributed by atoms with Crippen LogP contribution in [0, 0.1) is 12.8 Å². The Kier molecular flexibility index (Phi) is 8.44. The molecule has 0 aliphatic rings. The van der Waals surface area contributed by atoms with Gasteiger partial charge in [-0.05, 0) is 63.9 Å². The lowest BCUT2D eigenvalue weighted by molar-refractivity contribution is -0.114. The van der Waals surface area contributed by atoms with Crippen molar-refractivity contribution in [2.75, 3.05) is 5.32 Å². The molecule has 5 nitrogen and oxygen atoms in total. The van der Waals surface area contributed by atoms with Crippen LogP contribution in [0.15, 0.2) is 146 Å². The van der Waals surface area contributed by atoms with Gasteiger partial charge in [0.25, 0.3) is 0 Å². The number of imidazole rings is 1. The van der Waals surface area contributed by atoms with E-state index in [0.29, 0.717) is 5.69 Å². The van der Waals surface area contributed by atoms with Gasteiger partial charge in [0.05, 0.1) is 12.0 Å². The highest BCUT2D eigenvalue weighted by Crippen LogP contribution is 2.43. The largest absolute Gasteiger partial charge is 0.378 e. The standard InChI is InChI=1S/C41H39N3O2/c1-29(2)41(46,37-22-20-32(21-23-37)33-24-30(3)25-38(26-33)43-31(4)45)39-27-44(28-42-39)40(34-14-8-5-9-15-34,35-16-10-6-11-17-35)36-18-12-7-13-19-36/h5-29,46H,1-4H3,(H,43,45). The van der Waals surface area contributed by atoms with Gasteiger partial charge in [-0.3, -0.25) is 4.79 Å². The minimum atomic E-state index is -1.35. The minimum Gasteiger partial charge on any atom is -0.378 e. The molecule has 0 bridgehead atoms. The molecule has 0 saturated carbocycles. The lowest BCUT2D eigenvalue weighted by Crippen LogP contribution is -2.37. The molecule has 0 radical (unpaired) electrons. The predicted molar refractivity (Wildman–Crippen MR) is 186 cm³/mol. The van der Waals surface area contributed by atoms with Crippen LogP contribution in [-0.2, 0) is 15.9 Å². The number of aliphatic hydroxyl groups is 1. The number of anilines is 1. The zero-order chi connectivity index (χ0) is 32.3. The minimum absolute atomic E-state index is 0.107. The maximum Gasteiger partial charge on any atom is 0.221 e. The maximum atomic E-state index is 12.5. The Bertz CT molecular complexity index is 1830. The Balaban J connectivity index is 1.47. The van der Waals surface area contributed by atoms with Crippen LogP contribution in [0.25, 0.3) is 11.1 Å². The number of hydrogen-bond donors (Lipinski definition) is 2. The van der Waals surface area contributed by atoms with Gasteiger partial charge < -0.3 is 15.0 Å². The topological polar surface area (TPSA) is 67.2 Å². The van der Waals surface area contributed by atoms with E-state index in [0.717, 1.165) is 44.6 Å². The van der Waals surface area contributed by atoms with Gasteiger partial charge in [-0.15, -0.1) is 0 Å². The van der Waals surface area contributed by atoms with E-state index in [2.05, 4.69) is 88.7 Å². The summed E-state index contributed by atoms with van der Waals surface area (Å²) in [7, 11) is 0. The first-order chi connectivity index (χ1) is 22.2. The summed E-state index contributed by atoms with van der Waals surface area (Å²) in [4.78, 5) is 16.6. The normalized spacial score (nSPS) is 12.9. The van der Waals surface area contributed by atoms with E-state index in [1.54, 1.807) is 0 Å². The summed E-state index contributed by atoms with van der Waals surface area (Å²) in [6.45, 7) is 7.56. The molecule has 0 saturated heterocycles. The third-order valence-corrected chi connectivity index (χ3v) is 8.83. The van der Waals surface area contributed by atoms with Gasteiger partial charge in [0, 0.05) is 18.8 Å². The van der Waals surface area contributed by atoms with E-state index >= 15 is 0 Å². The molecular formula is C41H39N3O2. The second kappa shape index (κ2) is 12.6. The van der Waals surface area contributed by atoms with Gasteiger partial charge in [0.1, 0.15) is 11.1 Å². The molecular weight excluding hydrogens is 566 g/mol. The fourth-order valence-electron chi connectivity index (χ4n) is 6.61. The highest BCUT2D eigenvalue weighted by molar-refractivity contribution is 5.89. The summed E-state index contributed by atoms with van der Waals surface area (Å²) in [5.74, 6) is -0.282. The van der Waals surface area contributed by atoms with E-state index < -0.39 is 11.1 Å². The molecule has 230 valence electrons. The van der Waals surface area contributed by atoms with Gasteiger partial charge in [-0.25, -0.2) is 4.98 Å². The second-order valence-electron chi connectivity index (χ2n) is 12.2. The van der Waals surface area contributed by atoms with E-state index in [9.17, 15) is 9.90 Å². The number of hydrogen-bond acceptors (Lipinski definition) is 3. The zero-order valence-electron chi connectivity index (χ0n) is 26.7. The van der Waals surface area contributed by atoms with Crippen LogP contribution in [0.2, 0.25) is 0 Å². The van der Waals surface area contributed by atoms with Crippen LogP contribution >= 0.6 is 0 Å². The van der Waals surface area contributed by atoms with Crippen molar-refractivity contribution in [3.8, 4) is 11.1 Å². The number of rotatable bonds is 9. The Morgan fingerprint density at radius 1 is 0.717 bits per heavy atom. The Morgan fingerprint density at radius 3 is 1.72 bits per heavy atom. The Labute approximate surface area is 271 Å². The van der Waals surface area contributed by atoms with Crippen molar-refractivity contribution in [2.24, 2.45) is 5.92 Å². The summed E-state index contributed by atoms with van der Waals surface area (Å²) in [5.41, 5.74) is 6.31. The molecule has 1 amide bonds. The quantitative estimate of drug-likeness (QED) is 0.162. The number of benzene rings is 5. The molecule has 1 aromatic heterocycles. The molecule has 2 N–H and O–H groups in total. The first-order valence-electron chi connectivity index (χ1n) is 15.7. The third kappa shape index (κ3) is 5.55. The third-order valence-electron chi connectivity index (χ3n) is 8.83. The van der Waals surface area contributed by atoms with Crippen molar-refractivity contribution in [3.63, 3.8) is 0 Å². The lowest BCUT2D eigenvalue weighted by atomic mass is 9.76. The van der Waals surface area contributed by atoms with Crippen LogP contribution in [0.3, 0.4) is 0 Å². The van der Waals surface area contributed by atoms with Gasteiger partial charge in [-0.2, -0.15) is 0 Å². The number of carbonyl (C=O) groups excluding carboxylic acids is 1. The van der Waals surface area contributed by atoms with Crippen molar-refractivity contribution >= 4 is 11.6 Å². The number of aromatic nitrogens is 2. The molecule has 5 heteroatoms. The average Bonchev–Trinajstić information content (AvgIpc) is 3.57. The molecule has 1 heterocycles. The number of aryl methyl sites for hydroxylation is 1. The van der Waals surface area contributed by atoms with Crippen LogP contribution in [0.1, 0.15) is 54.3 Å². The zero-order valence-corrected chi connectivity index (χ0v) is 26.7. The van der Waals surface area contributed by atoms with Crippen molar-refractivity contribution in [1.82, 2.24) is 9.55 Å². The van der Waals surface area contributed by atoms with Crippen LogP contribution in [0.5, 0.6) is 0 Å². The van der Waals surface area contributed by atoms with Crippen LogP contribution in [0.4, 0.5) is 5.69 Å². The first-order valence-corrected chi connectivity index (χ1v) is 15.7. The number of nitrogens with zero attached hydrogens (tertiary/aromatic N) is 2. The summed E-state index contributed by atoms with van der Waals surface area (Å²) in [6.07, 6.45) is 3.85. The average molecular weight is 606 g/mol. The fraction of sp³-hybridized carbons (Fsp3) is 0.171. The highest BCUT2D eigenvalue weighted by atomic mass is 16.3. The van der Waals surface area contributed by atoms with E-state index in [4.69, 9.17) is 4.98 Å². The first kappa shape index (κ1) is 30.8. The van der Waals surface area contributed by atoms with Gasteiger partial charge >= 0.3 is 0 Å². The molecule has 0 aliphatic carbocycles.